The van der Waals surface area contributed by atoms with Crippen molar-refractivity contribution >= 4 is 11.6 Å². The van der Waals surface area contributed by atoms with Crippen molar-refractivity contribution < 1.29 is 14.3 Å². The number of carbonyl (C=O) groups excluding carboxylic acids is 1. The fourth-order valence-electron chi connectivity index (χ4n) is 3.81. The number of likely N-dealkylation sites (tertiary alicyclic amines) is 1. The van der Waals surface area contributed by atoms with E-state index in [-0.39, 0.29) is 35.5 Å². The van der Waals surface area contributed by atoms with E-state index in [1.54, 1.807) is 28.7 Å². The van der Waals surface area contributed by atoms with Gasteiger partial charge in [0.1, 0.15) is 17.2 Å². The Morgan fingerprint density at radius 1 is 1.37 bits per heavy atom. The van der Waals surface area contributed by atoms with E-state index in [0.29, 0.717) is 12.2 Å². The molecule has 8 nitrogen and oxygen atoms in total. The number of hydrogen-bond acceptors (Lipinski definition) is 5. The Labute approximate surface area is 155 Å². The molecule has 4 rings (SSSR count). The van der Waals surface area contributed by atoms with E-state index >= 15 is 0 Å². The minimum Gasteiger partial charge on any atom is -0.466 e. The van der Waals surface area contributed by atoms with E-state index < -0.39 is 0 Å². The summed E-state index contributed by atoms with van der Waals surface area (Å²) in [5.74, 6) is 1.23. The van der Waals surface area contributed by atoms with E-state index in [9.17, 15) is 14.7 Å². The summed E-state index contributed by atoms with van der Waals surface area (Å²) in [6.45, 7) is 4.23. The number of aliphatic hydroxyl groups excluding tert-OH is 1. The summed E-state index contributed by atoms with van der Waals surface area (Å²) in [7, 11) is 1.68. The van der Waals surface area contributed by atoms with E-state index in [1.165, 1.54) is 4.57 Å². The molecule has 1 fully saturated rings. The van der Waals surface area contributed by atoms with Gasteiger partial charge in [-0.3, -0.25) is 14.0 Å². The van der Waals surface area contributed by atoms with Crippen molar-refractivity contribution in [3.05, 3.63) is 46.0 Å². The Balaban J connectivity index is 1.81. The molecule has 1 N–H and O–H groups in total. The summed E-state index contributed by atoms with van der Waals surface area (Å²) in [5.41, 5.74) is 1.64. The van der Waals surface area contributed by atoms with Crippen LogP contribution in [0.5, 0.6) is 0 Å². The number of imidazole rings is 1. The molecule has 4 heterocycles. The number of aliphatic hydroxyl groups is 1. The smallest absolute Gasteiger partial charge is 0.294 e. The van der Waals surface area contributed by atoms with E-state index in [1.807, 2.05) is 19.9 Å². The monoisotopic (exact) mass is 370 g/mol. The Morgan fingerprint density at radius 3 is 2.81 bits per heavy atom. The Morgan fingerprint density at radius 2 is 2.15 bits per heavy atom. The summed E-state index contributed by atoms with van der Waals surface area (Å²) in [6.07, 6.45) is 5.00. The highest BCUT2D eigenvalue weighted by atomic mass is 16.3. The molecule has 0 bridgehead atoms. The largest absolute Gasteiger partial charge is 0.466 e. The molecule has 0 spiro atoms. The molecule has 0 saturated carbocycles. The average Bonchev–Trinajstić information content (AvgIpc) is 3.35. The third kappa shape index (κ3) is 2.76. The van der Waals surface area contributed by atoms with Crippen molar-refractivity contribution in [3.8, 4) is 11.3 Å². The molecular weight excluding hydrogens is 348 g/mol. The average molecular weight is 370 g/mol. The SMILES string of the molecule is Cc1cc(-c2cn3cc(C(=O)N4CCC[C@H]4CO)nc3c(=O)n2C)c(C)o1. The zero-order valence-electron chi connectivity index (χ0n) is 15.6. The number of amides is 1. The lowest BCUT2D eigenvalue weighted by molar-refractivity contribution is 0.0672. The molecule has 3 aromatic heterocycles. The molecule has 1 atom stereocenters. The third-order valence-corrected chi connectivity index (χ3v) is 5.24. The van der Waals surface area contributed by atoms with Crippen molar-refractivity contribution in [1.82, 2.24) is 18.9 Å². The molecule has 0 radical (unpaired) electrons. The lowest BCUT2D eigenvalue weighted by Crippen LogP contribution is -2.37. The maximum absolute atomic E-state index is 12.8. The molecule has 1 aliphatic rings. The maximum Gasteiger partial charge on any atom is 0.294 e. The van der Waals surface area contributed by atoms with E-state index in [4.69, 9.17) is 4.42 Å². The molecule has 142 valence electrons. The Bertz CT molecular complexity index is 1090. The van der Waals surface area contributed by atoms with Crippen LogP contribution in [0.1, 0.15) is 34.9 Å². The van der Waals surface area contributed by atoms with Gasteiger partial charge in [-0.2, -0.15) is 0 Å². The predicted molar refractivity (Wildman–Crippen MR) is 98.8 cm³/mol. The van der Waals surface area contributed by atoms with Crippen LogP contribution < -0.4 is 5.56 Å². The van der Waals surface area contributed by atoms with Gasteiger partial charge in [-0.15, -0.1) is 0 Å². The van der Waals surface area contributed by atoms with E-state index in [2.05, 4.69) is 4.98 Å². The second-order valence-electron chi connectivity index (χ2n) is 7.04. The molecule has 0 aliphatic carbocycles. The molecule has 1 aliphatic heterocycles. The van der Waals surface area contributed by atoms with Crippen LogP contribution in [-0.2, 0) is 7.05 Å². The molecular formula is C19H22N4O4. The Hall–Kier alpha value is -2.87. The van der Waals surface area contributed by atoms with Crippen LogP contribution in [0.3, 0.4) is 0 Å². The molecule has 8 heteroatoms. The normalized spacial score (nSPS) is 17.2. The zero-order chi connectivity index (χ0) is 19.3. The topological polar surface area (TPSA) is 93.0 Å². The Kier molecular flexibility index (Phi) is 4.15. The van der Waals surface area contributed by atoms with Gasteiger partial charge in [-0.1, -0.05) is 0 Å². The fraction of sp³-hybridized carbons (Fsp3) is 0.421. The van der Waals surface area contributed by atoms with Gasteiger partial charge in [0.05, 0.1) is 18.3 Å². The first kappa shape index (κ1) is 17.5. The summed E-state index contributed by atoms with van der Waals surface area (Å²) in [6, 6.07) is 1.70. The summed E-state index contributed by atoms with van der Waals surface area (Å²) >= 11 is 0. The second kappa shape index (κ2) is 6.38. The van der Waals surface area contributed by atoms with Gasteiger partial charge in [-0.25, -0.2) is 4.98 Å². The van der Waals surface area contributed by atoms with Gasteiger partial charge < -0.3 is 19.0 Å². The van der Waals surface area contributed by atoms with Gasteiger partial charge in [0.25, 0.3) is 11.5 Å². The van der Waals surface area contributed by atoms with Gasteiger partial charge in [0, 0.05) is 31.5 Å². The number of nitrogens with zero attached hydrogens (tertiary/aromatic N) is 4. The third-order valence-electron chi connectivity index (χ3n) is 5.24. The first-order chi connectivity index (χ1) is 12.9. The van der Waals surface area contributed by atoms with Crippen LogP contribution >= 0.6 is 0 Å². The zero-order valence-corrected chi connectivity index (χ0v) is 15.6. The number of hydrogen-bond donors (Lipinski definition) is 1. The highest BCUT2D eigenvalue weighted by Crippen LogP contribution is 2.26. The number of carbonyl (C=O) groups is 1. The molecule has 3 aromatic rings. The number of aromatic nitrogens is 3. The first-order valence-electron chi connectivity index (χ1n) is 8.98. The van der Waals surface area contributed by atoms with Gasteiger partial charge >= 0.3 is 0 Å². The van der Waals surface area contributed by atoms with Crippen LogP contribution in [0.2, 0.25) is 0 Å². The molecule has 1 saturated heterocycles. The first-order valence-corrected chi connectivity index (χ1v) is 8.98. The number of rotatable bonds is 3. The van der Waals surface area contributed by atoms with Gasteiger partial charge in [-0.05, 0) is 32.8 Å². The lowest BCUT2D eigenvalue weighted by atomic mass is 10.2. The lowest BCUT2D eigenvalue weighted by Gasteiger charge is -2.21. The molecule has 27 heavy (non-hydrogen) atoms. The maximum atomic E-state index is 12.8. The number of furan rings is 1. The molecule has 1 amide bonds. The van der Waals surface area contributed by atoms with Crippen molar-refractivity contribution in [2.75, 3.05) is 13.2 Å². The summed E-state index contributed by atoms with van der Waals surface area (Å²) in [5, 5.41) is 9.46. The van der Waals surface area contributed by atoms with Crippen LogP contribution in [0.4, 0.5) is 0 Å². The van der Waals surface area contributed by atoms with Crippen LogP contribution in [-0.4, -0.2) is 49.1 Å². The van der Waals surface area contributed by atoms with Crippen LogP contribution in [0.15, 0.2) is 27.7 Å². The molecule has 0 aromatic carbocycles. The van der Waals surface area contributed by atoms with Crippen molar-refractivity contribution in [3.63, 3.8) is 0 Å². The summed E-state index contributed by atoms with van der Waals surface area (Å²) in [4.78, 5) is 31.5. The number of aryl methyl sites for hydroxylation is 2. The number of fused-ring (bicyclic) bond motifs is 1. The van der Waals surface area contributed by atoms with E-state index in [0.717, 1.165) is 29.9 Å². The van der Waals surface area contributed by atoms with Crippen molar-refractivity contribution in [2.45, 2.75) is 32.7 Å². The fourth-order valence-corrected chi connectivity index (χ4v) is 3.81. The molecule has 0 unspecified atom stereocenters. The minimum atomic E-state index is -0.287. The summed E-state index contributed by atoms with van der Waals surface area (Å²) < 4.78 is 8.69. The second-order valence-corrected chi connectivity index (χ2v) is 7.04. The predicted octanol–water partition coefficient (Wildman–Crippen LogP) is 1.51. The van der Waals surface area contributed by atoms with Crippen LogP contribution in [0.25, 0.3) is 16.9 Å². The van der Waals surface area contributed by atoms with Crippen molar-refractivity contribution in [2.24, 2.45) is 7.05 Å². The van der Waals surface area contributed by atoms with Gasteiger partial charge in [0.15, 0.2) is 0 Å². The minimum absolute atomic E-state index is 0.0653. The highest BCUT2D eigenvalue weighted by Gasteiger charge is 2.30. The van der Waals surface area contributed by atoms with Gasteiger partial charge in [0.2, 0.25) is 5.65 Å². The van der Waals surface area contributed by atoms with Crippen LogP contribution in [0, 0.1) is 13.8 Å². The van der Waals surface area contributed by atoms with Crippen molar-refractivity contribution in [1.29, 1.82) is 0 Å². The quantitative estimate of drug-likeness (QED) is 0.754. The highest BCUT2D eigenvalue weighted by molar-refractivity contribution is 5.93. The standard InChI is InChI=1S/C19H22N4O4/c1-11-7-14(12(2)27-11)16-9-22-8-15(20-17(22)19(26)21(16)3)18(25)23-6-4-5-13(23)10-24/h7-9,13,24H,4-6,10H2,1-3H3/t13-/m0/s1.